The van der Waals surface area contributed by atoms with Crippen molar-refractivity contribution >= 4 is 23.0 Å². The first-order chi connectivity index (χ1) is 14.6. The summed E-state index contributed by atoms with van der Waals surface area (Å²) in [5.41, 5.74) is 2.90. The second-order valence-electron chi connectivity index (χ2n) is 7.64. The molecule has 4 rings (SSSR count). The first-order valence-electron chi connectivity index (χ1n) is 10.3. The Morgan fingerprint density at radius 2 is 1.97 bits per heavy atom. The molecular weight excluding hydrogens is 380 g/mol. The molecule has 2 amide bonds. The number of imidazole rings is 1. The van der Waals surface area contributed by atoms with Crippen molar-refractivity contribution in [1.82, 2.24) is 20.2 Å². The van der Waals surface area contributed by atoms with Crippen molar-refractivity contribution in [1.29, 1.82) is 0 Å². The molecule has 0 saturated carbocycles. The highest BCUT2D eigenvalue weighted by molar-refractivity contribution is 5.84. The Morgan fingerprint density at radius 3 is 2.73 bits per heavy atom. The first kappa shape index (κ1) is 19.9. The number of carbonyl (C=O) groups excluding carboxylic acids is 2. The van der Waals surface area contributed by atoms with E-state index < -0.39 is 12.0 Å². The molecule has 30 heavy (non-hydrogen) atoms. The summed E-state index contributed by atoms with van der Waals surface area (Å²) in [4.78, 5) is 35.0. The van der Waals surface area contributed by atoms with Crippen molar-refractivity contribution in [2.24, 2.45) is 0 Å². The lowest BCUT2D eigenvalue weighted by atomic mass is 9.97. The Bertz CT molecular complexity index is 984. The van der Waals surface area contributed by atoms with E-state index in [1.807, 2.05) is 54.6 Å². The number of esters is 1. The van der Waals surface area contributed by atoms with Gasteiger partial charge in [-0.3, -0.25) is 0 Å². The molecule has 3 aromatic rings. The number of likely N-dealkylation sites (tertiary alicyclic amines) is 1. The number of hydrogen-bond donors (Lipinski definition) is 2. The predicted octanol–water partition coefficient (Wildman–Crippen LogP) is 3.24. The zero-order chi connectivity index (χ0) is 20.9. The van der Waals surface area contributed by atoms with Gasteiger partial charge in [0.05, 0.1) is 18.1 Å². The summed E-state index contributed by atoms with van der Waals surface area (Å²) in [5.74, 6) is 0.600. The molecule has 1 saturated heterocycles. The quantitative estimate of drug-likeness (QED) is 0.637. The lowest BCUT2D eigenvalue weighted by molar-refractivity contribution is -0.142. The minimum absolute atomic E-state index is 0.141. The Morgan fingerprint density at radius 1 is 1.20 bits per heavy atom. The highest BCUT2D eigenvalue weighted by Crippen LogP contribution is 2.26. The van der Waals surface area contributed by atoms with Gasteiger partial charge in [-0.05, 0) is 30.5 Å². The normalized spacial score (nSPS) is 17.5. The van der Waals surface area contributed by atoms with Crippen LogP contribution in [0.2, 0.25) is 0 Å². The van der Waals surface area contributed by atoms with Crippen molar-refractivity contribution in [3.63, 3.8) is 0 Å². The average Bonchev–Trinajstić information content (AvgIpc) is 3.23. The van der Waals surface area contributed by atoms with E-state index >= 15 is 0 Å². The second-order valence-corrected chi connectivity index (χ2v) is 7.64. The minimum Gasteiger partial charge on any atom is -0.467 e. The number of benzene rings is 2. The van der Waals surface area contributed by atoms with Crippen molar-refractivity contribution in [3.8, 4) is 0 Å². The standard InChI is InChI=1S/C23H26N4O3/c1-30-22(28)20(14-16-8-3-2-4-9-16)26-23(29)27-13-7-10-17(15-27)21-24-18-11-5-6-12-19(18)25-21/h2-6,8-9,11-12,17,20H,7,10,13-15H2,1H3,(H,24,25)(H,26,29)/t17?,20-/m1/s1. The van der Waals surface area contributed by atoms with Crippen LogP contribution in [0.5, 0.6) is 0 Å². The van der Waals surface area contributed by atoms with E-state index in [1.165, 1.54) is 7.11 Å². The molecule has 1 aliphatic rings. The summed E-state index contributed by atoms with van der Waals surface area (Å²) in [5, 5.41) is 2.87. The zero-order valence-electron chi connectivity index (χ0n) is 17.0. The molecule has 1 aromatic heterocycles. The molecule has 1 fully saturated rings. The maximum Gasteiger partial charge on any atom is 0.328 e. The number of hydrogen-bond acceptors (Lipinski definition) is 4. The van der Waals surface area contributed by atoms with Crippen LogP contribution in [0.25, 0.3) is 11.0 Å². The third-order valence-electron chi connectivity index (χ3n) is 5.57. The summed E-state index contributed by atoms with van der Waals surface area (Å²) in [6.45, 7) is 1.21. The van der Waals surface area contributed by atoms with Gasteiger partial charge in [0, 0.05) is 25.4 Å². The number of nitrogens with one attached hydrogen (secondary N) is 2. The fraction of sp³-hybridized carbons (Fsp3) is 0.348. The number of urea groups is 1. The molecule has 0 aliphatic carbocycles. The molecule has 2 aromatic carbocycles. The Hall–Kier alpha value is -3.35. The van der Waals surface area contributed by atoms with E-state index in [1.54, 1.807) is 4.90 Å². The molecule has 7 nitrogen and oxygen atoms in total. The number of nitrogens with zero attached hydrogens (tertiary/aromatic N) is 2. The number of rotatable bonds is 5. The van der Waals surface area contributed by atoms with Gasteiger partial charge in [-0.25, -0.2) is 14.6 Å². The molecule has 2 heterocycles. The molecule has 0 bridgehead atoms. The molecule has 0 spiro atoms. The minimum atomic E-state index is -0.725. The van der Waals surface area contributed by atoms with Gasteiger partial charge in [0.2, 0.25) is 0 Å². The summed E-state index contributed by atoms with van der Waals surface area (Å²) in [7, 11) is 1.34. The third-order valence-corrected chi connectivity index (χ3v) is 5.57. The van der Waals surface area contributed by atoms with Gasteiger partial charge < -0.3 is 19.9 Å². The van der Waals surface area contributed by atoms with Crippen LogP contribution in [0, 0.1) is 0 Å². The second kappa shape index (κ2) is 8.98. The topological polar surface area (TPSA) is 87.3 Å². The molecular formula is C23H26N4O3. The van der Waals surface area contributed by atoms with Gasteiger partial charge >= 0.3 is 12.0 Å². The number of ether oxygens (including phenoxy) is 1. The number of fused-ring (bicyclic) bond motifs is 1. The molecule has 1 aliphatic heterocycles. The van der Waals surface area contributed by atoms with Crippen molar-refractivity contribution in [3.05, 3.63) is 66.0 Å². The van der Waals surface area contributed by atoms with Gasteiger partial charge in [0.1, 0.15) is 11.9 Å². The van der Waals surface area contributed by atoms with Gasteiger partial charge in [0.25, 0.3) is 0 Å². The number of carbonyl (C=O) groups is 2. The van der Waals surface area contributed by atoms with Gasteiger partial charge in [-0.15, -0.1) is 0 Å². The van der Waals surface area contributed by atoms with Gasteiger partial charge in [-0.1, -0.05) is 42.5 Å². The first-order valence-corrected chi connectivity index (χ1v) is 10.3. The number of H-pyrrole nitrogens is 1. The molecule has 2 atom stereocenters. The third kappa shape index (κ3) is 4.45. The van der Waals surface area contributed by atoms with Crippen molar-refractivity contribution in [2.45, 2.75) is 31.2 Å². The van der Waals surface area contributed by atoms with Gasteiger partial charge in [-0.2, -0.15) is 0 Å². The van der Waals surface area contributed by atoms with Crippen LogP contribution >= 0.6 is 0 Å². The monoisotopic (exact) mass is 406 g/mol. The van der Waals surface area contributed by atoms with Crippen LogP contribution in [-0.4, -0.2) is 53.1 Å². The highest BCUT2D eigenvalue weighted by atomic mass is 16.5. The molecule has 1 unspecified atom stereocenters. The van der Waals surface area contributed by atoms with E-state index in [2.05, 4.69) is 10.3 Å². The molecule has 156 valence electrons. The Kier molecular flexibility index (Phi) is 5.97. The summed E-state index contributed by atoms with van der Waals surface area (Å²) in [6, 6.07) is 16.6. The molecule has 0 radical (unpaired) electrons. The molecule has 7 heteroatoms. The van der Waals surface area contributed by atoms with E-state index in [0.29, 0.717) is 19.5 Å². The van der Waals surface area contributed by atoms with Gasteiger partial charge in [0.15, 0.2) is 0 Å². The fourth-order valence-electron chi connectivity index (χ4n) is 3.98. The number of para-hydroxylation sites is 2. The van der Waals surface area contributed by atoms with E-state index in [0.717, 1.165) is 35.3 Å². The Balaban J connectivity index is 1.44. The smallest absolute Gasteiger partial charge is 0.328 e. The zero-order valence-corrected chi connectivity index (χ0v) is 17.0. The van der Waals surface area contributed by atoms with Crippen LogP contribution in [0.3, 0.4) is 0 Å². The number of amides is 2. The van der Waals surface area contributed by atoms with Crippen molar-refractivity contribution < 1.29 is 14.3 Å². The number of aromatic amines is 1. The maximum atomic E-state index is 12.9. The predicted molar refractivity (Wildman–Crippen MR) is 114 cm³/mol. The lowest BCUT2D eigenvalue weighted by Crippen LogP contribution is -2.51. The fourth-order valence-corrected chi connectivity index (χ4v) is 3.98. The average molecular weight is 406 g/mol. The summed E-state index contributed by atoms with van der Waals surface area (Å²) < 4.78 is 4.91. The lowest BCUT2D eigenvalue weighted by Gasteiger charge is -2.32. The largest absolute Gasteiger partial charge is 0.467 e. The SMILES string of the molecule is COC(=O)[C@@H](Cc1ccccc1)NC(=O)N1CCCC(c2nc3ccccc3[nH]2)C1. The van der Waals surface area contributed by atoms with Crippen LogP contribution in [0.15, 0.2) is 54.6 Å². The molecule has 2 N–H and O–H groups in total. The number of methoxy groups -OCH3 is 1. The highest BCUT2D eigenvalue weighted by Gasteiger charge is 2.30. The Labute approximate surface area is 175 Å². The van der Waals surface area contributed by atoms with E-state index in [-0.39, 0.29) is 11.9 Å². The number of piperidine rings is 1. The van der Waals surface area contributed by atoms with E-state index in [4.69, 9.17) is 9.72 Å². The van der Waals surface area contributed by atoms with E-state index in [9.17, 15) is 9.59 Å². The summed E-state index contributed by atoms with van der Waals surface area (Å²) in [6.07, 6.45) is 2.24. The van der Waals surface area contributed by atoms with Crippen LogP contribution in [0.4, 0.5) is 4.79 Å². The van der Waals surface area contributed by atoms with Crippen molar-refractivity contribution in [2.75, 3.05) is 20.2 Å². The summed E-state index contributed by atoms with van der Waals surface area (Å²) >= 11 is 0. The van der Waals surface area contributed by atoms with Crippen LogP contribution < -0.4 is 5.32 Å². The maximum absolute atomic E-state index is 12.9. The van der Waals surface area contributed by atoms with Crippen LogP contribution in [-0.2, 0) is 16.0 Å². The number of aromatic nitrogens is 2. The van der Waals surface area contributed by atoms with Crippen LogP contribution in [0.1, 0.15) is 30.1 Å².